The van der Waals surface area contributed by atoms with Crippen molar-refractivity contribution < 1.29 is 13.9 Å². The average molecular weight is 443 g/mol. The number of aromatic nitrogens is 2. The van der Waals surface area contributed by atoms with Crippen molar-refractivity contribution >= 4 is 40.7 Å². The number of carbonyl (C=O) groups is 1. The van der Waals surface area contributed by atoms with Crippen molar-refractivity contribution in [2.75, 3.05) is 6.54 Å². The quantitative estimate of drug-likeness (QED) is 0.490. The summed E-state index contributed by atoms with van der Waals surface area (Å²) in [6.07, 6.45) is 0.645. The molecule has 0 saturated heterocycles. The highest BCUT2D eigenvalue weighted by Crippen LogP contribution is 2.25. The lowest BCUT2D eigenvalue weighted by molar-refractivity contribution is 0.0921. The molecule has 3 aromatic rings. The Morgan fingerprint density at radius 3 is 2.71 bits per heavy atom. The Morgan fingerprint density at radius 2 is 2.00 bits per heavy atom. The molecule has 2 aromatic heterocycles. The molecule has 28 heavy (non-hydrogen) atoms. The maximum Gasteiger partial charge on any atom is 0.286 e. The number of benzene rings is 1. The maximum atomic E-state index is 12.2. The van der Waals surface area contributed by atoms with E-state index in [4.69, 9.17) is 44.0 Å². The summed E-state index contributed by atoms with van der Waals surface area (Å²) >= 11 is 18.1. The summed E-state index contributed by atoms with van der Waals surface area (Å²) in [6, 6.07) is 10.5. The molecule has 0 spiro atoms. The van der Waals surface area contributed by atoms with Crippen LogP contribution in [-0.2, 0) is 13.2 Å². The van der Waals surface area contributed by atoms with Crippen molar-refractivity contribution in [2.24, 2.45) is 0 Å². The standard InChI is InChI=1S/C19H18Cl3N3O3/c1-12-17(21)18(22)25(24-12)10-4-9-23-19(26)16-8-7-13(28-16)11-27-15-6-3-2-5-14(15)20/h2-3,5-8H,4,9-11H2,1H3,(H,23,26). The van der Waals surface area contributed by atoms with Gasteiger partial charge in [0, 0.05) is 13.1 Å². The number of aryl methyl sites for hydroxylation is 2. The van der Waals surface area contributed by atoms with Crippen LogP contribution in [0.15, 0.2) is 40.8 Å². The molecule has 0 aliphatic heterocycles. The molecule has 148 valence electrons. The SMILES string of the molecule is Cc1nn(CCCNC(=O)c2ccc(COc3ccccc3Cl)o2)c(Cl)c1Cl. The lowest BCUT2D eigenvalue weighted by atomic mass is 10.3. The molecule has 0 unspecified atom stereocenters. The van der Waals surface area contributed by atoms with Gasteiger partial charge in [0.25, 0.3) is 5.91 Å². The third kappa shape index (κ3) is 5.01. The second-order valence-electron chi connectivity index (χ2n) is 6.01. The molecule has 2 heterocycles. The summed E-state index contributed by atoms with van der Waals surface area (Å²) in [7, 11) is 0. The van der Waals surface area contributed by atoms with E-state index in [-0.39, 0.29) is 18.3 Å². The average Bonchev–Trinajstić information content (AvgIpc) is 3.25. The van der Waals surface area contributed by atoms with Crippen LogP contribution in [0.25, 0.3) is 0 Å². The normalized spacial score (nSPS) is 10.9. The van der Waals surface area contributed by atoms with Crippen molar-refractivity contribution in [3.63, 3.8) is 0 Å². The van der Waals surface area contributed by atoms with Crippen molar-refractivity contribution in [3.05, 3.63) is 68.8 Å². The van der Waals surface area contributed by atoms with Gasteiger partial charge in [-0.3, -0.25) is 9.48 Å². The van der Waals surface area contributed by atoms with Crippen LogP contribution in [0.5, 0.6) is 5.75 Å². The van der Waals surface area contributed by atoms with Crippen molar-refractivity contribution in [2.45, 2.75) is 26.5 Å². The highest BCUT2D eigenvalue weighted by molar-refractivity contribution is 6.41. The first-order valence-electron chi connectivity index (χ1n) is 8.58. The minimum Gasteiger partial charge on any atom is -0.484 e. The van der Waals surface area contributed by atoms with Gasteiger partial charge in [-0.2, -0.15) is 5.10 Å². The van der Waals surface area contributed by atoms with Crippen LogP contribution in [0.2, 0.25) is 15.2 Å². The number of halogens is 3. The van der Waals surface area contributed by atoms with Crippen molar-refractivity contribution in [1.29, 1.82) is 0 Å². The second kappa shape index (κ2) is 9.37. The topological polar surface area (TPSA) is 69.3 Å². The summed E-state index contributed by atoms with van der Waals surface area (Å²) in [6.45, 7) is 2.95. The number of furan rings is 1. The second-order valence-corrected chi connectivity index (χ2v) is 7.15. The first-order valence-corrected chi connectivity index (χ1v) is 9.71. The molecule has 1 N–H and O–H groups in total. The number of rotatable bonds is 8. The smallest absolute Gasteiger partial charge is 0.286 e. The Kier molecular flexibility index (Phi) is 6.88. The van der Waals surface area contributed by atoms with E-state index >= 15 is 0 Å². The van der Waals surface area contributed by atoms with Gasteiger partial charge in [-0.25, -0.2) is 0 Å². The third-order valence-electron chi connectivity index (χ3n) is 3.92. The number of amides is 1. The van der Waals surface area contributed by atoms with Crippen LogP contribution in [0.4, 0.5) is 0 Å². The number of hydrogen-bond donors (Lipinski definition) is 1. The number of nitrogens with zero attached hydrogens (tertiary/aromatic N) is 2. The Bertz CT molecular complexity index is 968. The van der Waals surface area contributed by atoms with Crippen LogP contribution in [-0.4, -0.2) is 22.2 Å². The van der Waals surface area contributed by atoms with Crippen LogP contribution in [0.3, 0.4) is 0 Å². The highest BCUT2D eigenvalue weighted by atomic mass is 35.5. The first kappa shape index (κ1) is 20.6. The van der Waals surface area contributed by atoms with Gasteiger partial charge in [0.05, 0.1) is 10.7 Å². The van der Waals surface area contributed by atoms with Crippen LogP contribution < -0.4 is 10.1 Å². The fourth-order valence-electron chi connectivity index (χ4n) is 2.49. The monoisotopic (exact) mass is 441 g/mol. The predicted molar refractivity (Wildman–Crippen MR) is 108 cm³/mol. The summed E-state index contributed by atoms with van der Waals surface area (Å²) in [5.74, 6) is 0.997. The van der Waals surface area contributed by atoms with E-state index in [1.807, 2.05) is 12.1 Å². The minimum atomic E-state index is -0.301. The summed E-state index contributed by atoms with van der Waals surface area (Å²) in [5.41, 5.74) is 0.679. The molecule has 1 amide bonds. The van der Waals surface area contributed by atoms with Gasteiger partial charge < -0.3 is 14.5 Å². The fraction of sp³-hybridized carbons (Fsp3) is 0.263. The van der Waals surface area contributed by atoms with Crippen molar-refractivity contribution in [3.8, 4) is 5.75 Å². The number of ether oxygens (including phenoxy) is 1. The van der Waals surface area contributed by atoms with Gasteiger partial charge in [0.1, 0.15) is 28.3 Å². The number of para-hydroxylation sites is 1. The Balaban J connectivity index is 1.45. The predicted octanol–water partition coefficient (Wildman–Crippen LogP) is 5.14. The third-order valence-corrected chi connectivity index (χ3v) is 5.17. The zero-order valence-electron chi connectivity index (χ0n) is 15.0. The van der Waals surface area contributed by atoms with Gasteiger partial charge in [-0.1, -0.05) is 46.9 Å². The molecule has 0 aliphatic rings. The van der Waals surface area contributed by atoms with Crippen molar-refractivity contribution in [1.82, 2.24) is 15.1 Å². The van der Waals surface area contributed by atoms with E-state index in [0.29, 0.717) is 51.9 Å². The molecule has 0 bridgehead atoms. The van der Waals surface area contributed by atoms with Gasteiger partial charge in [0.15, 0.2) is 5.76 Å². The van der Waals surface area contributed by atoms with E-state index in [1.165, 1.54) is 0 Å². The number of carbonyl (C=O) groups excluding carboxylic acids is 1. The minimum absolute atomic E-state index is 0.176. The number of hydrogen-bond acceptors (Lipinski definition) is 4. The summed E-state index contributed by atoms with van der Waals surface area (Å²) in [5, 5.41) is 8.40. The lowest BCUT2D eigenvalue weighted by Gasteiger charge is -2.06. The molecule has 1 aromatic carbocycles. The molecule has 0 aliphatic carbocycles. The van der Waals surface area contributed by atoms with Gasteiger partial charge in [0.2, 0.25) is 0 Å². The molecule has 6 nitrogen and oxygen atoms in total. The molecule has 0 atom stereocenters. The summed E-state index contributed by atoms with van der Waals surface area (Å²) in [4.78, 5) is 12.2. The molecule has 9 heteroatoms. The summed E-state index contributed by atoms with van der Waals surface area (Å²) < 4.78 is 12.7. The van der Waals surface area contributed by atoms with Crippen LogP contribution in [0.1, 0.15) is 28.4 Å². The molecular weight excluding hydrogens is 425 g/mol. The zero-order chi connectivity index (χ0) is 20.1. The highest BCUT2D eigenvalue weighted by Gasteiger charge is 2.13. The molecular formula is C19H18Cl3N3O3. The Hall–Kier alpha value is -2.15. The van der Waals surface area contributed by atoms with E-state index in [1.54, 1.807) is 35.9 Å². The van der Waals surface area contributed by atoms with E-state index < -0.39 is 0 Å². The van der Waals surface area contributed by atoms with E-state index in [0.717, 1.165) is 0 Å². The van der Waals surface area contributed by atoms with E-state index in [2.05, 4.69) is 10.4 Å². The maximum absolute atomic E-state index is 12.2. The van der Waals surface area contributed by atoms with Crippen LogP contribution in [0, 0.1) is 6.92 Å². The number of nitrogens with one attached hydrogen (secondary N) is 1. The van der Waals surface area contributed by atoms with Gasteiger partial charge >= 0.3 is 0 Å². The Morgan fingerprint density at radius 1 is 1.21 bits per heavy atom. The Labute approximate surface area is 177 Å². The lowest BCUT2D eigenvalue weighted by Crippen LogP contribution is -2.25. The molecule has 0 saturated carbocycles. The van der Waals surface area contributed by atoms with Crippen LogP contribution >= 0.6 is 34.8 Å². The first-order chi connectivity index (χ1) is 13.5. The van der Waals surface area contributed by atoms with E-state index in [9.17, 15) is 4.79 Å². The largest absolute Gasteiger partial charge is 0.484 e. The molecule has 0 fully saturated rings. The zero-order valence-corrected chi connectivity index (χ0v) is 17.3. The van der Waals surface area contributed by atoms with Gasteiger partial charge in [-0.05, 0) is 37.6 Å². The molecule has 0 radical (unpaired) electrons. The van der Waals surface area contributed by atoms with Gasteiger partial charge in [-0.15, -0.1) is 0 Å². The molecule has 3 rings (SSSR count). The fourth-order valence-corrected chi connectivity index (χ4v) is 3.07.